The minimum atomic E-state index is -0.0493. The molecule has 0 heterocycles. The summed E-state index contributed by atoms with van der Waals surface area (Å²) < 4.78 is 10.5. The quantitative estimate of drug-likeness (QED) is 0.888. The number of nitrogens with zero attached hydrogens (tertiary/aromatic N) is 1. The van der Waals surface area contributed by atoms with Crippen molar-refractivity contribution in [3.05, 3.63) is 52.5 Å². The summed E-state index contributed by atoms with van der Waals surface area (Å²) in [7, 11) is 3.20. The van der Waals surface area contributed by atoms with Crippen LogP contribution in [-0.4, -0.2) is 14.2 Å². The smallest absolute Gasteiger partial charge is 0.161 e. The molecular formula is C17H17ClN2O2. The van der Waals surface area contributed by atoms with Crippen LogP contribution >= 0.6 is 11.6 Å². The first-order chi connectivity index (χ1) is 10.6. The van der Waals surface area contributed by atoms with E-state index in [-0.39, 0.29) is 6.04 Å². The van der Waals surface area contributed by atoms with Gasteiger partial charge in [-0.15, -0.1) is 0 Å². The SMILES string of the molecule is COc1ccc(C(C)Nc2c(Cl)cccc2C#N)cc1OC. The molecule has 2 aromatic rings. The first-order valence-corrected chi connectivity index (χ1v) is 7.15. The van der Waals surface area contributed by atoms with Crippen molar-refractivity contribution in [1.29, 1.82) is 5.26 Å². The van der Waals surface area contributed by atoms with Crippen LogP contribution < -0.4 is 14.8 Å². The highest BCUT2D eigenvalue weighted by atomic mass is 35.5. The molecule has 22 heavy (non-hydrogen) atoms. The second-order valence-corrected chi connectivity index (χ2v) is 5.16. The molecule has 0 fully saturated rings. The van der Waals surface area contributed by atoms with Crippen molar-refractivity contribution in [1.82, 2.24) is 0 Å². The summed E-state index contributed by atoms with van der Waals surface area (Å²) in [4.78, 5) is 0. The van der Waals surface area contributed by atoms with E-state index in [1.54, 1.807) is 32.4 Å². The average Bonchev–Trinajstić information content (AvgIpc) is 2.55. The van der Waals surface area contributed by atoms with Crippen LogP contribution in [0.3, 0.4) is 0 Å². The molecule has 114 valence electrons. The van der Waals surface area contributed by atoms with Crippen LogP contribution in [0.2, 0.25) is 5.02 Å². The number of para-hydroxylation sites is 1. The maximum atomic E-state index is 9.19. The van der Waals surface area contributed by atoms with Crippen molar-refractivity contribution in [2.45, 2.75) is 13.0 Å². The molecule has 0 saturated carbocycles. The van der Waals surface area contributed by atoms with E-state index in [0.29, 0.717) is 27.8 Å². The number of hydrogen-bond acceptors (Lipinski definition) is 4. The zero-order valence-electron chi connectivity index (χ0n) is 12.7. The Bertz CT molecular complexity index is 710. The number of rotatable bonds is 5. The molecule has 0 spiro atoms. The summed E-state index contributed by atoms with van der Waals surface area (Å²) in [5, 5.41) is 13.0. The van der Waals surface area contributed by atoms with E-state index >= 15 is 0 Å². The van der Waals surface area contributed by atoms with E-state index < -0.39 is 0 Å². The van der Waals surface area contributed by atoms with Crippen LogP contribution in [0.1, 0.15) is 24.1 Å². The third-order valence-electron chi connectivity index (χ3n) is 3.40. The lowest BCUT2D eigenvalue weighted by molar-refractivity contribution is 0.354. The lowest BCUT2D eigenvalue weighted by Gasteiger charge is -2.19. The number of halogens is 1. The van der Waals surface area contributed by atoms with Gasteiger partial charge in [-0.2, -0.15) is 5.26 Å². The number of benzene rings is 2. The molecule has 0 aliphatic heterocycles. The number of anilines is 1. The number of nitriles is 1. The Kier molecular flexibility index (Phi) is 5.13. The van der Waals surface area contributed by atoms with Crippen molar-refractivity contribution in [2.24, 2.45) is 0 Å². The molecule has 0 saturated heterocycles. The first-order valence-electron chi connectivity index (χ1n) is 6.77. The van der Waals surface area contributed by atoms with E-state index in [1.807, 2.05) is 25.1 Å². The van der Waals surface area contributed by atoms with E-state index in [9.17, 15) is 5.26 Å². The van der Waals surface area contributed by atoms with Gasteiger partial charge in [0.05, 0.1) is 30.5 Å². The van der Waals surface area contributed by atoms with Gasteiger partial charge in [-0.3, -0.25) is 0 Å². The van der Waals surface area contributed by atoms with Crippen LogP contribution in [0.15, 0.2) is 36.4 Å². The number of nitrogens with one attached hydrogen (secondary N) is 1. The fourth-order valence-corrected chi connectivity index (χ4v) is 2.42. The van der Waals surface area contributed by atoms with Crippen molar-refractivity contribution in [3.8, 4) is 17.6 Å². The summed E-state index contributed by atoms with van der Waals surface area (Å²) in [6, 6.07) is 13.0. The number of hydrogen-bond donors (Lipinski definition) is 1. The molecule has 5 heteroatoms. The van der Waals surface area contributed by atoms with Crippen LogP contribution in [0.5, 0.6) is 11.5 Å². The van der Waals surface area contributed by atoms with Gasteiger partial charge < -0.3 is 14.8 Å². The highest BCUT2D eigenvalue weighted by Crippen LogP contribution is 2.33. The van der Waals surface area contributed by atoms with Gasteiger partial charge in [-0.05, 0) is 36.8 Å². The second kappa shape index (κ2) is 7.06. The van der Waals surface area contributed by atoms with Crippen molar-refractivity contribution >= 4 is 17.3 Å². The molecule has 0 aliphatic rings. The fraction of sp³-hybridized carbons (Fsp3) is 0.235. The van der Waals surface area contributed by atoms with Gasteiger partial charge >= 0.3 is 0 Å². The van der Waals surface area contributed by atoms with E-state index in [1.165, 1.54) is 0 Å². The van der Waals surface area contributed by atoms with Crippen molar-refractivity contribution in [3.63, 3.8) is 0 Å². The van der Waals surface area contributed by atoms with Crippen LogP contribution in [0.25, 0.3) is 0 Å². The molecule has 1 unspecified atom stereocenters. The maximum absolute atomic E-state index is 9.19. The predicted molar refractivity (Wildman–Crippen MR) is 87.8 cm³/mol. The summed E-state index contributed by atoms with van der Waals surface area (Å²) in [5.74, 6) is 1.34. The van der Waals surface area contributed by atoms with Gasteiger partial charge in [0.1, 0.15) is 6.07 Å². The Morgan fingerprint density at radius 1 is 1.14 bits per heavy atom. The molecule has 0 amide bonds. The zero-order valence-corrected chi connectivity index (χ0v) is 13.4. The standard InChI is InChI=1S/C17H17ClN2O2/c1-11(12-7-8-15(21-2)16(9-12)22-3)20-17-13(10-19)5-4-6-14(17)18/h4-9,11,20H,1-3H3. The number of methoxy groups -OCH3 is 2. The van der Waals surface area contributed by atoms with Gasteiger partial charge in [0.2, 0.25) is 0 Å². The van der Waals surface area contributed by atoms with Crippen molar-refractivity contribution < 1.29 is 9.47 Å². The second-order valence-electron chi connectivity index (χ2n) is 4.75. The third-order valence-corrected chi connectivity index (χ3v) is 3.72. The largest absolute Gasteiger partial charge is 0.493 e. The highest BCUT2D eigenvalue weighted by Gasteiger charge is 2.13. The Morgan fingerprint density at radius 3 is 2.50 bits per heavy atom. The molecule has 0 bridgehead atoms. The Hall–Kier alpha value is -2.38. The number of ether oxygens (including phenoxy) is 2. The summed E-state index contributed by atoms with van der Waals surface area (Å²) >= 11 is 6.19. The molecule has 0 aliphatic carbocycles. The van der Waals surface area contributed by atoms with Crippen molar-refractivity contribution in [2.75, 3.05) is 19.5 Å². The summed E-state index contributed by atoms with van der Waals surface area (Å²) in [6.07, 6.45) is 0. The normalized spacial score (nSPS) is 11.4. The van der Waals surface area contributed by atoms with Gasteiger partial charge in [-0.25, -0.2) is 0 Å². The molecule has 2 rings (SSSR count). The monoisotopic (exact) mass is 316 g/mol. The summed E-state index contributed by atoms with van der Waals surface area (Å²) in [5.41, 5.74) is 2.15. The molecule has 1 N–H and O–H groups in total. The van der Waals surface area contributed by atoms with Gasteiger partial charge in [0.25, 0.3) is 0 Å². The topological polar surface area (TPSA) is 54.3 Å². The third kappa shape index (κ3) is 3.26. The maximum Gasteiger partial charge on any atom is 0.161 e. The minimum Gasteiger partial charge on any atom is -0.493 e. The Balaban J connectivity index is 2.30. The molecule has 2 aromatic carbocycles. The molecule has 1 atom stereocenters. The predicted octanol–water partition coefficient (Wildman–Crippen LogP) is 4.40. The molecular weight excluding hydrogens is 300 g/mol. The van der Waals surface area contributed by atoms with Gasteiger partial charge in [-0.1, -0.05) is 23.7 Å². The lowest BCUT2D eigenvalue weighted by Crippen LogP contribution is -2.08. The van der Waals surface area contributed by atoms with Crippen LogP contribution in [0, 0.1) is 11.3 Å². The average molecular weight is 317 g/mol. The molecule has 0 aromatic heterocycles. The highest BCUT2D eigenvalue weighted by molar-refractivity contribution is 6.33. The van der Waals surface area contributed by atoms with Crippen LogP contribution in [-0.2, 0) is 0 Å². The Morgan fingerprint density at radius 2 is 1.86 bits per heavy atom. The zero-order chi connectivity index (χ0) is 16.1. The first kappa shape index (κ1) is 16.0. The van der Waals surface area contributed by atoms with Crippen LogP contribution in [0.4, 0.5) is 5.69 Å². The Labute approximate surface area is 135 Å². The van der Waals surface area contributed by atoms with Gasteiger partial charge in [0.15, 0.2) is 11.5 Å². The van der Waals surface area contributed by atoms with E-state index in [4.69, 9.17) is 21.1 Å². The van der Waals surface area contributed by atoms with E-state index in [2.05, 4.69) is 11.4 Å². The fourth-order valence-electron chi connectivity index (χ4n) is 2.19. The van der Waals surface area contributed by atoms with E-state index in [0.717, 1.165) is 5.56 Å². The minimum absolute atomic E-state index is 0.0493. The molecule has 4 nitrogen and oxygen atoms in total. The summed E-state index contributed by atoms with van der Waals surface area (Å²) in [6.45, 7) is 1.99. The lowest BCUT2D eigenvalue weighted by atomic mass is 10.1. The van der Waals surface area contributed by atoms with Gasteiger partial charge in [0, 0.05) is 6.04 Å². The molecule has 0 radical (unpaired) electrons.